The molecular weight excluding hydrogens is 354 g/mol. The molecule has 24 heavy (non-hydrogen) atoms. The second-order valence-electron chi connectivity index (χ2n) is 7.72. The van der Waals surface area contributed by atoms with Crippen LogP contribution in [-0.4, -0.2) is 30.5 Å². The van der Waals surface area contributed by atoms with E-state index in [1.807, 2.05) is 0 Å². The van der Waals surface area contributed by atoms with Crippen LogP contribution in [0.1, 0.15) is 40.5 Å². The maximum Gasteiger partial charge on any atom is 0.270 e. The van der Waals surface area contributed by atoms with Crippen LogP contribution in [0.15, 0.2) is 23.1 Å². The summed E-state index contributed by atoms with van der Waals surface area (Å²) in [4.78, 5) is 9.99. The molecule has 134 valence electrons. The first-order valence-electron chi connectivity index (χ1n) is 7.65. The monoisotopic (exact) mass is 376 g/mol. The summed E-state index contributed by atoms with van der Waals surface area (Å²) in [6, 6.07) is 3.15. The van der Waals surface area contributed by atoms with Gasteiger partial charge in [-0.25, -0.2) is 13.1 Å². The molecule has 0 aliphatic carbocycles. The fraction of sp³-hybridized carbons (Fsp3) is 0.600. The number of nitrogens with one attached hydrogen (secondary N) is 1. The molecule has 0 spiro atoms. The van der Waals surface area contributed by atoms with Gasteiger partial charge in [-0.15, -0.1) is 0 Å². The number of nitrogens with two attached hydrogens (primary N) is 1. The van der Waals surface area contributed by atoms with Gasteiger partial charge in [0.2, 0.25) is 10.0 Å². The Kier molecular flexibility index (Phi) is 4.98. The minimum Gasteiger partial charge on any atom is -0.337 e. The van der Waals surface area contributed by atoms with Gasteiger partial charge in [0.15, 0.2) is 0 Å². The Bertz CT molecular complexity index is 746. The lowest BCUT2D eigenvalue weighted by Crippen LogP contribution is -3.06. The average Bonchev–Trinajstić information content (AvgIpc) is 2.33. The highest BCUT2D eigenvalue weighted by molar-refractivity contribution is 7.89. The quantitative estimate of drug-likeness (QED) is 0.617. The van der Waals surface area contributed by atoms with E-state index >= 15 is 0 Å². The van der Waals surface area contributed by atoms with E-state index in [1.54, 1.807) is 0 Å². The standard InChI is InChI=1S/C15H22ClN3O4S/c1-14(2)8-10(9-15(3,4)18-14)17-24(22,23)13-7-11(19(20)21)5-6-12(13)16/h5-7,10,17-18H,8-9H2,1-4H3/p+1. The second-order valence-corrected chi connectivity index (χ2v) is 9.81. The van der Waals surface area contributed by atoms with Gasteiger partial charge in [0.25, 0.3) is 5.69 Å². The summed E-state index contributed by atoms with van der Waals surface area (Å²) in [7, 11) is -3.95. The lowest BCUT2D eigenvalue weighted by atomic mass is 9.80. The minimum absolute atomic E-state index is 0.0333. The first kappa shape index (κ1) is 19.1. The van der Waals surface area contributed by atoms with Crippen molar-refractivity contribution in [1.29, 1.82) is 0 Å². The number of quaternary nitrogens is 1. The molecule has 2 rings (SSSR count). The number of hydrogen-bond acceptors (Lipinski definition) is 4. The first-order valence-corrected chi connectivity index (χ1v) is 9.51. The van der Waals surface area contributed by atoms with Crippen molar-refractivity contribution in [1.82, 2.24) is 4.72 Å². The smallest absolute Gasteiger partial charge is 0.270 e. The van der Waals surface area contributed by atoms with Crippen LogP contribution in [0.25, 0.3) is 0 Å². The molecule has 1 saturated heterocycles. The highest BCUT2D eigenvalue weighted by Gasteiger charge is 2.43. The number of benzene rings is 1. The zero-order valence-corrected chi connectivity index (χ0v) is 15.7. The SMILES string of the molecule is CC1(C)CC(NS(=O)(=O)c2cc([N+](=O)[O-])ccc2Cl)CC(C)(C)[NH2+]1. The van der Waals surface area contributed by atoms with Gasteiger partial charge in [0.05, 0.1) is 21.0 Å². The third kappa shape index (κ3) is 4.44. The maximum absolute atomic E-state index is 12.7. The number of hydrogen-bond donors (Lipinski definition) is 2. The third-order valence-corrected chi connectivity index (χ3v) is 6.07. The fourth-order valence-electron chi connectivity index (χ4n) is 3.70. The number of non-ortho nitro benzene ring substituents is 1. The predicted octanol–water partition coefficient (Wildman–Crippen LogP) is 1.81. The van der Waals surface area contributed by atoms with Crippen molar-refractivity contribution in [3.05, 3.63) is 33.3 Å². The molecular formula is C15H23ClN3O4S+. The molecule has 0 amide bonds. The summed E-state index contributed by atoms with van der Waals surface area (Å²) >= 11 is 5.97. The maximum atomic E-state index is 12.7. The van der Waals surface area contributed by atoms with Crippen LogP contribution in [0.4, 0.5) is 5.69 Å². The minimum atomic E-state index is -3.95. The van der Waals surface area contributed by atoms with Crippen molar-refractivity contribution >= 4 is 27.3 Å². The van der Waals surface area contributed by atoms with Crippen LogP contribution in [-0.2, 0) is 10.0 Å². The Hall–Kier alpha value is -1.22. The summed E-state index contributed by atoms with van der Waals surface area (Å²) in [5.74, 6) is 0. The highest BCUT2D eigenvalue weighted by atomic mass is 35.5. The molecule has 0 radical (unpaired) electrons. The fourth-order valence-corrected chi connectivity index (χ4v) is 5.45. The predicted molar refractivity (Wildman–Crippen MR) is 91.5 cm³/mol. The lowest BCUT2D eigenvalue weighted by Gasteiger charge is -2.43. The molecule has 7 nitrogen and oxygen atoms in total. The number of nitro groups is 1. The molecule has 1 aliphatic rings. The van der Waals surface area contributed by atoms with Gasteiger partial charge in [-0.05, 0) is 33.8 Å². The van der Waals surface area contributed by atoms with E-state index in [0.29, 0.717) is 12.8 Å². The van der Waals surface area contributed by atoms with Gasteiger partial charge in [-0.1, -0.05) is 11.6 Å². The van der Waals surface area contributed by atoms with Gasteiger partial charge < -0.3 is 5.32 Å². The molecule has 3 N–H and O–H groups in total. The van der Waals surface area contributed by atoms with E-state index in [0.717, 1.165) is 6.07 Å². The molecule has 1 aromatic carbocycles. The van der Waals surface area contributed by atoms with Gasteiger partial charge in [0.1, 0.15) is 4.90 Å². The highest BCUT2D eigenvalue weighted by Crippen LogP contribution is 2.28. The van der Waals surface area contributed by atoms with Crippen LogP contribution in [0.5, 0.6) is 0 Å². The van der Waals surface area contributed by atoms with Crippen molar-refractivity contribution in [2.45, 2.75) is 62.6 Å². The first-order chi connectivity index (χ1) is 10.8. The summed E-state index contributed by atoms with van der Waals surface area (Å²) in [5.41, 5.74) is -0.527. The summed E-state index contributed by atoms with van der Waals surface area (Å²) < 4.78 is 28.1. The molecule has 9 heteroatoms. The van der Waals surface area contributed by atoms with E-state index in [1.165, 1.54) is 12.1 Å². The molecule has 1 aliphatic heterocycles. The van der Waals surface area contributed by atoms with E-state index in [2.05, 4.69) is 37.7 Å². The normalized spacial score (nSPS) is 20.7. The van der Waals surface area contributed by atoms with Crippen LogP contribution in [0.2, 0.25) is 5.02 Å². The zero-order chi connectivity index (χ0) is 18.3. The van der Waals surface area contributed by atoms with E-state index in [4.69, 9.17) is 11.6 Å². The second kappa shape index (κ2) is 6.25. The van der Waals surface area contributed by atoms with Crippen molar-refractivity contribution in [3.8, 4) is 0 Å². The molecule has 0 unspecified atom stereocenters. The molecule has 1 heterocycles. The van der Waals surface area contributed by atoms with Crippen molar-refractivity contribution < 1.29 is 18.7 Å². The van der Waals surface area contributed by atoms with E-state index < -0.39 is 14.9 Å². The van der Waals surface area contributed by atoms with Crippen molar-refractivity contribution in [2.75, 3.05) is 0 Å². The van der Waals surface area contributed by atoms with E-state index in [-0.39, 0.29) is 32.7 Å². The average molecular weight is 377 g/mol. The summed E-state index contributed by atoms with van der Waals surface area (Å²) in [5, 5.41) is 13.1. The number of rotatable bonds is 4. The Morgan fingerprint density at radius 1 is 1.25 bits per heavy atom. The number of sulfonamides is 1. The van der Waals surface area contributed by atoms with Crippen LogP contribution in [0, 0.1) is 10.1 Å². The Morgan fingerprint density at radius 2 is 1.79 bits per heavy atom. The zero-order valence-electron chi connectivity index (χ0n) is 14.2. The van der Waals surface area contributed by atoms with Crippen molar-refractivity contribution in [2.24, 2.45) is 0 Å². The molecule has 0 bridgehead atoms. The third-order valence-electron chi connectivity index (χ3n) is 4.06. The number of nitrogens with zero attached hydrogens (tertiary/aromatic N) is 1. The topological polar surface area (TPSA) is 106 Å². The molecule has 0 atom stereocenters. The summed E-state index contributed by atoms with van der Waals surface area (Å²) in [6.07, 6.45) is 1.31. The Labute approximate surface area is 147 Å². The van der Waals surface area contributed by atoms with Gasteiger partial charge in [0, 0.05) is 31.0 Å². The van der Waals surface area contributed by atoms with Gasteiger partial charge >= 0.3 is 0 Å². The molecule has 1 fully saturated rings. The van der Waals surface area contributed by atoms with Gasteiger partial charge in [-0.2, -0.15) is 0 Å². The summed E-state index contributed by atoms with van der Waals surface area (Å²) in [6.45, 7) is 8.26. The molecule has 0 aromatic heterocycles. The Balaban J connectivity index is 2.32. The van der Waals surface area contributed by atoms with Gasteiger partial charge in [-0.3, -0.25) is 10.1 Å². The van der Waals surface area contributed by atoms with Crippen LogP contribution in [0.3, 0.4) is 0 Å². The lowest BCUT2D eigenvalue weighted by molar-refractivity contribution is -0.787. The number of halogens is 1. The number of nitro benzene ring substituents is 1. The molecule has 1 aromatic rings. The van der Waals surface area contributed by atoms with Crippen molar-refractivity contribution in [3.63, 3.8) is 0 Å². The van der Waals surface area contributed by atoms with E-state index in [9.17, 15) is 18.5 Å². The largest absolute Gasteiger partial charge is 0.337 e. The van der Waals surface area contributed by atoms with Crippen LogP contribution < -0.4 is 10.0 Å². The van der Waals surface area contributed by atoms with Crippen LogP contribution >= 0.6 is 11.6 Å². The molecule has 0 saturated carbocycles. The number of piperidine rings is 1. The Morgan fingerprint density at radius 3 is 2.29 bits per heavy atom.